The Morgan fingerprint density at radius 3 is 2.57 bits per heavy atom. The minimum absolute atomic E-state index is 0.0510. The molecule has 1 saturated heterocycles. The SMILES string of the molecule is C[C@H](N[C@@H](C)c1ccccc1)C(=O)NCCN1C(=O)CSC1=O. The molecule has 1 aromatic carbocycles. The van der Waals surface area contributed by atoms with E-state index in [0.29, 0.717) is 0 Å². The number of benzene rings is 1. The number of imide groups is 1. The van der Waals surface area contributed by atoms with Crippen molar-refractivity contribution < 1.29 is 14.4 Å². The largest absolute Gasteiger partial charge is 0.353 e. The van der Waals surface area contributed by atoms with Gasteiger partial charge in [-0.2, -0.15) is 0 Å². The summed E-state index contributed by atoms with van der Waals surface area (Å²) in [7, 11) is 0. The standard InChI is InChI=1S/C16H21N3O3S/c1-11(13-6-4-3-5-7-13)18-12(2)15(21)17-8-9-19-14(20)10-23-16(19)22/h3-7,11-12,18H,8-10H2,1-2H3,(H,17,21)/t11-,12-/m0/s1. The molecule has 1 fully saturated rings. The average molecular weight is 335 g/mol. The van der Waals surface area contributed by atoms with Crippen molar-refractivity contribution >= 4 is 28.8 Å². The first-order valence-corrected chi connectivity index (χ1v) is 8.53. The maximum atomic E-state index is 12.1. The van der Waals surface area contributed by atoms with Crippen molar-refractivity contribution in [3.05, 3.63) is 35.9 Å². The Balaban J connectivity index is 1.74. The number of nitrogens with one attached hydrogen (secondary N) is 2. The normalized spacial score (nSPS) is 17.2. The molecule has 1 aliphatic heterocycles. The molecule has 0 radical (unpaired) electrons. The van der Waals surface area contributed by atoms with Crippen LogP contribution in [0, 0.1) is 0 Å². The number of hydrogen-bond acceptors (Lipinski definition) is 5. The minimum Gasteiger partial charge on any atom is -0.353 e. The van der Waals surface area contributed by atoms with Crippen LogP contribution in [0.5, 0.6) is 0 Å². The highest BCUT2D eigenvalue weighted by Gasteiger charge is 2.29. The Kier molecular flexibility index (Phi) is 6.18. The minimum atomic E-state index is -0.371. The summed E-state index contributed by atoms with van der Waals surface area (Å²) in [5, 5.41) is 5.74. The molecule has 0 bridgehead atoms. The lowest BCUT2D eigenvalue weighted by atomic mass is 10.1. The van der Waals surface area contributed by atoms with Crippen molar-refractivity contribution in [3.8, 4) is 0 Å². The van der Waals surface area contributed by atoms with E-state index in [1.807, 2.05) is 37.3 Å². The predicted octanol–water partition coefficient (Wildman–Crippen LogP) is 1.54. The summed E-state index contributed by atoms with van der Waals surface area (Å²) in [5.74, 6) is -0.156. The fourth-order valence-electron chi connectivity index (χ4n) is 2.33. The number of thioether (sulfide) groups is 1. The van der Waals surface area contributed by atoms with Crippen LogP contribution in [0.3, 0.4) is 0 Å². The molecule has 2 atom stereocenters. The van der Waals surface area contributed by atoms with Crippen LogP contribution in [0.4, 0.5) is 4.79 Å². The van der Waals surface area contributed by atoms with Crippen LogP contribution in [0.2, 0.25) is 0 Å². The summed E-state index contributed by atoms with van der Waals surface area (Å²) in [6.07, 6.45) is 0. The van der Waals surface area contributed by atoms with Crippen LogP contribution in [-0.4, -0.2) is 46.8 Å². The first-order chi connectivity index (χ1) is 11.0. The maximum Gasteiger partial charge on any atom is 0.288 e. The first kappa shape index (κ1) is 17.5. The van der Waals surface area contributed by atoms with Gasteiger partial charge < -0.3 is 5.32 Å². The van der Waals surface area contributed by atoms with Gasteiger partial charge in [-0.1, -0.05) is 42.1 Å². The second-order valence-electron chi connectivity index (χ2n) is 5.41. The number of carbonyl (C=O) groups excluding carboxylic acids is 3. The number of amides is 3. The summed E-state index contributed by atoms with van der Waals surface area (Å²) in [4.78, 5) is 36.2. The van der Waals surface area contributed by atoms with Gasteiger partial charge in [0, 0.05) is 19.1 Å². The molecular weight excluding hydrogens is 314 g/mol. The van der Waals surface area contributed by atoms with E-state index in [0.717, 1.165) is 17.3 Å². The van der Waals surface area contributed by atoms with E-state index >= 15 is 0 Å². The molecule has 7 heteroatoms. The summed E-state index contributed by atoms with van der Waals surface area (Å²) >= 11 is 0.997. The van der Waals surface area contributed by atoms with Gasteiger partial charge in [0.15, 0.2) is 0 Å². The van der Waals surface area contributed by atoms with E-state index < -0.39 is 0 Å². The molecule has 0 saturated carbocycles. The van der Waals surface area contributed by atoms with Crippen molar-refractivity contribution in [2.24, 2.45) is 0 Å². The highest BCUT2D eigenvalue weighted by Crippen LogP contribution is 2.17. The van der Waals surface area contributed by atoms with Gasteiger partial charge in [-0.05, 0) is 19.4 Å². The van der Waals surface area contributed by atoms with E-state index in [-0.39, 0.29) is 48.0 Å². The van der Waals surface area contributed by atoms with Crippen molar-refractivity contribution in [2.45, 2.75) is 25.9 Å². The average Bonchev–Trinajstić information content (AvgIpc) is 2.87. The van der Waals surface area contributed by atoms with Crippen molar-refractivity contribution in [3.63, 3.8) is 0 Å². The highest BCUT2D eigenvalue weighted by atomic mass is 32.2. The Bertz CT molecular complexity index is 563. The van der Waals surface area contributed by atoms with E-state index in [1.54, 1.807) is 6.92 Å². The van der Waals surface area contributed by atoms with Gasteiger partial charge in [0.1, 0.15) is 0 Å². The van der Waals surface area contributed by atoms with Gasteiger partial charge in [0.25, 0.3) is 5.24 Å². The third-order valence-electron chi connectivity index (χ3n) is 3.67. The van der Waals surface area contributed by atoms with Gasteiger partial charge >= 0.3 is 0 Å². The van der Waals surface area contributed by atoms with Gasteiger partial charge in [-0.25, -0.2) is 0 Å². The quantitative estimate of drug-likeness (QED) is 0.790. The fraction of sp³-hybridized carbons (Fsp3) is 0.438. The van der Waals surface area contributed by atoms with Crippen LogP contribution < -0.4 is 10.6 Å². The molecular formula is C16H21N3O3S. The fourth-order valence-corrected chi connectivity index (χ4v) is 3.08. The van der Waals surface area contributed by atoms with Crippen LogP contribution in [0.15, 0.2) is 30.3 Å². The lowest BCUT2D eigenvalue weighted by Crippen LogP contribution is -2.45. The lowest BCUT2D eigenvalue weighted by Gasteiger charge is -2.20. The van der Waals surface area contributed by atoms with Crippen LogP contribution in [-0.2, 0) is 9.59 Å². The van der Waals surface area contributed by atoms with Crippen LogP contribution in [0.1, 0.15) is 25.5 Å². The monoisotopic (exact) mass is 335 g/mol. The zero-order valence-corrected chi connectivity index (χ0v) is 14.1. The molecule has 1 aliphatic rings. The smallest absolute Gasteiger partial charge is 0.288 e. The Labute approximate surface area is 140 Å². The zero-order valence-electron chi connectivity index (χ0n) is 13.2. The number of hydrogen-bond donors (Lipinski definition) is 2. The molecule has 3 amide bonds. The maximum absolute atomic E-state index is 12.1. The second-order valence-corrected chi connectivity index (χ2v) is 6.34. The van der Waals surface area contributed by atoms with Crippen molar-refractivity contribution in [1.29, 1.82) is 0 Å². The molecule has 1 aromatic rings. The zero-order chi connectivity index (χ0) is 16.8. The molecule has 0 spiro atoms. The van der Waals surface area contributed by atoms with Gasteiger partial charge in [0.2, 0.25) is 11.8 Å². The van der Waals surface area contributed by atoms with E-state index in [1.165, 1.54) is 4.90 Å². The molecule has 2 rings (SSSR count). The van der Waals surface area contributed by atoms with Crippen molar-refractivity contribution in [2.75, 3.05) is 18.8 Å². The number of carbonyl (C=O) groups is 3. The Hall–Kier alpha value is -1.86. The molecule has 124 valence electrons. The van der Waals surface area contributed by atoms with Crippen LogP contribution >= 0.6 is 11.8 Å². The predicted molar refractivity (Wildman–Crippen MR) is 90.0 cm³/mol. The van der Waals surface area contributed by atoms with E-state index in [2.05, 4.69) is 10.6 Å². The van der Waals surface area contributed by atoms with E-state index in [9.17, 15) is 14.4 Å². The molecule has 2 N–H and O–H groups in total. The first-order valence-electron chi connectivity index (χ1n) is 7.55. The third-order valence-corrected chi connectivity index (χ3v) is 4.53. The summed E-state index contributed by atoms with van der Waals surface area (Å²) in [6.45, 7) is 4.27. The van der Waals surface area contributed by atoms with Gasteiger partial charge in [-0.3, -0.25) is 24.6 Å². The molecule has 23 heavy (non-hydrogen) atoms. The summed E-state index contributed by atoms with van der Waals surface area (Å²) < 4.78 is 0. The number of rotatable bonds is 7. The Morgan fingerprint density at radius 2 is 1.96 bits per heavy atom. The van der Waals surface area contributed by atoms with Crippen molar-refractivity contribution in [1.82, 2.24) is 15.5 Å². The molecule has 6 nitrogen and oxygen atoms in total. The molecule has 0 aliphatic carbocycles. The molecule has 0 aromatic heterocycles. The summed E-state index contributed by atoms with van der Waals surface area (Å²) in [6, 6.07) is 9.56. The molecule has 0 unspecified atom stereocenters. The molecule has 1 heterocycles. The Morgan fingerprint density at radius 1 is 1.26 bits per heavy atom. The van der Waals surface area contributed by atoms with E-state index in [4.69, 9.17) is 0 Å². The second kappa shape index (κ2) is 8.12. The van der Waals surface area contributed by atoms with Crippen LogP contribution in [0.25, 0.3) is 0 Å². The topological polar surface area (TPSA) is 78.5 Å². The van der Waals surface area contributed by atoms with Gasteiger partial charge in [-0.15, -0.1) is 0 Å². The highest BCUT2D eigenvalue weighted by molar-refractivity contribution is 8.14. The number of nitrogens with zero attached hydrogens (tertiary/aromatic N) is 1. The summed E-state index contributed by atoms with van der Waals surface area (Å²) in [5.41, 5.74) is 1.11. The van der Waals surface area contributed by atoms with Gasteiger partial charge in [0.05, 0.1) is 11.8 Å². The third kappa shape index (κ3) is 4.80. The lowest BCUT2D eigenvalue weighted by molar-refractivity contribution is -0.126.